The van der Waals surface area contributed by atoms with Gasteiger partial charge in [0.15, 0.2) is 0 Å². The van der Waals surface area contributed by atoms with Gasteiger partial charge in [0.1, 0.15) is 11.1 Å². The molecule has 0 unspecified atom stereocenters. The van der Waals surface area contributed by atoms with Crippen molar-refractivity contribution in [3.63, 3.8) is 0 Å². The Kier molecular flexibility index (Phi) is 6.51. The van der Waals surface area contributed by atoms with E-state index in [0.717, 1.165) is 68.4 Å². The highest BCUT2D eigenvalue weighted by Crippen LogP contribution is 2.44. The van der Waals surface area contributed by atoms with Crippen molar-refractivity contribution in [2.75, 3.05) is 24.7 Å². The monoisotopic (exact) mass is 495 g/mol. The van der Waals surface area contributed by atoms with E-state index in [0.29, 0.717) is 13.2 Å². The van der Waals surface area contributed by atoms with Crippen molar-refractivity contribution in [3.8, 4) is 0 Å². The van der Waals surface area contributed by atoms with Crippen LogP contribution >= 0.6 is 0 Å². The summed E-state index contributed by atoms with van der Waals surface area (Å²) in [4.78, 5) is 21.0. The Hall–Kier alpha value is -3.15. The van der Waals surface area contributed by atoms with Crippen LogP contribution in [-0.2, 0) is 16.9 Å². The lowest BCUT2D eigenvalue weighted by Crippen LogP contribution is -2.61. The van der Waals surface area contributed by atoms with Crippen LogP contribution in [0.3, 0.4) is 0 Å². The van der Waals surface area contributed by atoms with Crippen molar-refractivity contribution in [2.24, 2.45) is 0 Å². The van der Waals surface area contributed by atoms with Crippen molar-refractivity contribution in [1.29, 1.82) is 0 Å². The van der Waals surface area contributed by atoms with Gasteiger partial charge >= 0.3 is 0 Å². The van der Waals surface area contributed by atoms with Gasteiger partial charge < -0.3 is 14.9 Å². The van der Waals surface area contributed by atoms with E-state index in [2.05, 4.69) is 58.3 Å². The molecule has 2 aliphatic heterocycles. The smallest absolute Gasteiger partial charge is 0.250 e. The largest absolute Gasteiger partial charge is 0.384 e. The van der Waals surface area contributed by atoms with E-state index >= 15 is 0 Å². The quantitative estimate of drug-likeness (QED) is 0.531. The molecule has 0 aromatic heterocycles. The second kappa shape index (κ2) is 9.96. The van der Waals surface area contributed by atoms with Crippen molar-refractivity contribution in [1.82, 2.24) is 9.80 Å². The molecule has 192 valence electrons. The van der Waals surface area contributed by atoms with Crippen molar-refractivity contribution < 1.29 is 9.90 Å². The molecule has 1 spiro atoms. The molecule has 1 amide bonds. The van der Waals surface area contributed by atoms with Gasteiger partial charge in [0.2, 0.25) is 5.91 Å². The zero-order chi connectivity index (χ0) is 25.3. The third-order valence-corrected chi connectivity index (χ3v) is 8.97. The zero-order valence-corrected chi connectivity index (χ0v) is 21.5. The van der Waals surface area contributed by atoms with Crippen molar-refractivity contribution in [3.05, 3.63) is 102 Å². The van der Waals surface area contributed by atoms with Crippen LogP contribution < -0.4 is 4.90 Å². The van der Waals surface area contributed by atoms with Crippen LogP contribution in [0.5, 0.6) is 0 Å². The summed E-state index contributed by atoms with van der Waals surface area (Å²) in [7, 11) is 0. The topological polar surface area (TPSA) is 47.0 Å². The first-order chi connectivity index (χ1) is 18.1. The summed E-state index contributed by atoms with van der Waals surface area (Å²) in [5.41, 5.74) is 1.93. The molecule has 1 N–H and O–H groups in total. The molecular weight excluding hydrogens is 458 g/mol. The Labute approximate surface area is 220 Å². The Morgan fingerprint density at radius 3 is 2.08 bits per heavy atom. The van der Waals surface area contributed by atoms with Gasteiger partial charge in [-0.25, -0.2) is 0 Å². The van der Waals surface area contributed by atoms with E-state index in [-0.39, 0.29) is 11.9 Å². The number of benzene rings is 3. The van der Waals surface area contributed by atoms with E-state index in [4.69, 9.17) is 0 Å². The minimum Gasteiger partial charge on any atom is -0.384 e. The molecule has 3 fully saturated rings. The predicted molar refractivity (Wildman–Crippen MR) is 147 cm³/mol. The molecule has 2 saturated heterocycles. The molecule has 1 aliphatic carbocycles. The lowest BCUT2D eigenvalue weighted by Gasteiger charge is -2.51. The van der Waals surface area contributed by atoms with Gasteiger partial charge in [-0.05, 0) is 48.9 Å². The lowest BCUT2D eigenvalue weighted by molar-refractivity contribution is -0.135. The maximum Gasteiger partial charge on any atom is 0.250 e. The summed E-state index contributed by atoms with van der Waals surface area (Å²) >= 11 is 0. The molecule has 3 aromatic carbocycles. The number of aliphatic hydroxyl groups is 1. The molecule has 1 saturated carbocycles. The highest BCUT2D eigenvalue weighted by atomic mass is 16.3. The number of carbonyl (C=O) groups is 1. The summed E-state index contributed by atoms with van der Waals surface area (Å²) in [5.74, 6) is 0.238. The fourth-order valence-corrected chi connectivity index (χ4v) is 7.02. The van der Waals surface area contributed by atoms with Crippen molar-refractivity contribution in [2.45, 2.75) is 62.3 Å². The Morgan fingerprint density at radius 2 is 1.41 bits per heavy atom. The SMILES string of the molecule is O=C1N(Cc2ccccc2)CN(c2ccccc2)C12CCN([C@@H]1CCCC[C@]1(O)c1ccccc1)CC2. The Bertz CT molecular complexity index is 1190. The summed E-state index contributed by atoms with van der Waals surface area (Å²) in [6, 6.07) is 31.0. The lowest BCUT2D eigenvalue weighted by atomic mass is 9.73. The van der Waals surface area contributed by atoms with Crippen LogP contribution in [-0.4, -0.2) is 52.2 Å². The van der Waals surface area contributed by atoms with Crippen LogP contribution in [0.2, 0.25) is 0 Å². The number of likely N-dealkylation sites (tertiary alicyclic amines) is 1. The van der Waals surface area contributed by atoms with Gasteiger partial charge in [0.25, 0.3) is 0 Å². The average molecular weight is 496 g/mol. The van der Waals surface area contributed by atoms with Gasteiger partial charge in [0, 0.05) is 31.4 Å². The van der Waals surface area contributed by atoms with Gasteiger partial charge in [-0.15, -0.1) is 0 Å². The molecular formula is C32H37N3O2. The summed E-state index contributed by atoms with van der Waals surface area (Å²) < 4.78 is 0. The number of nitrogens with zero attached hydrogens (tertiary/aromatic N) is 3. The minimum atomic E-state index is -0.831. The van der Waals surface area contributed by atoms with Crippen LogP contribution in [0.4, 0.5) is 5.69 Å². The van der Waals surface area contributed by atoms with E-state index < -0.39 is 11.1 Å². The molecule has 2 heterocycles. The number of amides is 1. The highest BCUT2D eigenvalue weighted by molar-refractivity contribution is 5.93. The van der Waals surface area contributed by atoms with E-state index in [1.165, 1.54) is 0 Å². The fraction of sp³-hybridized carbons (Fsp3) is 0.406. The standard InChI is InChI=1S/C32H37N3O2/c36-30-31(35(28-16-8-3-9-17-28)25-34(30)24-26-12-4-1-5-13-26)20-22-33(23-21-31)29-18-10-11-19-32(29,37)27-14-6-2-7-15-27/h1-9,12-17,29,37H,10-11,18-25H2/t29-,32+/m1/s1. The molecule has 3 aliphatic rings. The van der Waals surface area contributed by atoms with Gasteiger partial charge in [-0.2, -0.15) is 0 Å². The van der Waals surface area contributed by atoms with E-state index in [1.54, 1.807) is 0 Å². The number of hydrogen-bond acceptors (Lipinski definition) is 4. The zero-order valence-electron chi connectivity index (χ0n) is 21.5. The highest BCUT2D eigenvalue weighted by Gasteiger charge is 2.55. The normalized spacial score (nSPS) is 26.1. The molecule has 6 rings (SSSR count). The van der Waals surface area contributed by atoms with Crippen LogP contribution in [0.1, 0.15) is 49.7 Å². The third kappa shape index (κ3) is 4.34. The van der Waals surface area contributed by atoms with E-state index in [1.807, 2.05) is 47.4 Å². The average Bonchev–Trinajstić information content (AvgIpc) is 3.21. The van der Waals surface area contributed by atoms with Gasteiger partial charge in [0.05, 0.1) is 6.67 Å². The number of piperidine rings is 1. The second-order valence-corrected chi connectivity index (χ2v) is 11.0. The van der Waals surface area contributed by atoms with Crippen molar-refractivity contribution >= 4 is 11.6 Å². The first-order valence-electron chi connectivity index (χ1n) is 13.8. The number of anilines is 1. The Morgan fingerprint density at radius 1 is 0.784 bits per heavy atom. The van der Waals surface area contributed by atoms with Crippen LogP contribution in [0, 0.1) is 0 Å². The third-order valence-electron chi connectivity index (χ3n) is 8.97. The molecule has 0 bridgehead atoms. The van der Waals surface area contributed by atoms with Crippen LogP contribution in [0.25, 0.3) is 0 Å². The first kappa shape index (κ1) is 24.2. The molecule has 5 heteroatoms. The van der Waals surface area contributed by atoms with E-state index in [9.17, 15) is 9.90 Å². The van der Waals surface area contributed by atoms with Gasteiger partial charge in [-0.3, -0.25) is 9.69 Å². The maximum absolute atomic E-state index is 14.1. The molecule has 37 heavy (non-hydrogen) atoms. The molecule has 0 radical (unpaired) electrons. The molecule has 5 nitrogen and oxygen atoms in total. The first-order valence-corrected chi connectivity index (χ1v) is 13.8. The molecule has 2 atom stereocenters. The molecule has 3 aromatic rings. The van der Waals surface area contributed by atoms with Crippen LogP contribution in [0.15, 0.2) is 91.0 Å². The number of hydrogen-bond donors (Lipinski definition) is 1. The summed E-state index contributed by atoms with van der Waals surface area (Å²) in [6.45, 7) is 2.86. The Balaban J connectivity index is 1.26. The summed E-state index contributed by atoms with van der Waals surface area (Å²) in [5, 5.41) is 12.0. The number of para-hydroxylation sites is 1. The second-order valence-electron chi connectivity index (χ2n) is 11.0. The number of carbonyl (C=O) groups excluding carboxylic acids is 1. The maximum atomic E-state index is 14.1. The van der Waals surface area contributed by atoms with Gasteiger partial charge in [-0.1, -0.05) is 91.7 Å². The number of rotatable bonds is 5. The fourth-order valence-electron chi connectivity index (χ4n) is 7.02. The summed E-state index contributed by atoms with van der Waals surface area (Å²) in [6.07, 6.45) is 5.52. The predicted octanol–water partition coefficient (Wildman–Crippen LogP) is 5.16. The minimum absolute atomic E-state index is 0.0862.